The van der Waals surface area contributed by atoms with Gasteiger partial charge in [0.2, 0.25) is 0 Å². The number of Topliss-reactive ketones (excluding diaryl/α,β-unsaturated/α-hetero) is 1. The molecular weight excluding hydrogens is 274 g/mol. The van der Waals surface area contributed by atoms with E-state index < -0.39 is 9.84 Å². The molecule has 4 nitrogen and oxygen atoms in total. The van der Waals surface area contributed by atoms with E-state index in [-0.39, 0.29) is 16.7 Å². The van der Waals surface area contributed by atoms with Gasteiger partial charge >= 0.3 is 0 Å². The fourth-order valence-electron chi connectivity index (χ4n) is 2.74. The molecule has 0 aromatic heterocycles. The summed E-state index contributed by atoms with van der Waals surface area (Å²) in [6.45, 7) is 3.65. The van der Waals surface area contributed by atoms with Gasteiger partial charge in [0.15, 0.2) is 15.6 Å². The topological polar surface area (TPSA) is 63.2 Å². The van der Waals surface area contributed by atoms with Gasteiger partial charge in [-0.3, -0.25) is 4.79 Å². The van der Waals surface area contributed by atoms with Gasteiger partial charge in [-0.05, 0) is 43.9 Å². The number of rotatable bonds is 4. The molecule has 0 aliphatic heterocycles. The van der Waals surface area contributed by atoms with Gasteiger partial charge in [0.25, 0.3) is 0 Å². The number of anilines is 1. The van der Waals surface area contributed by atoms with E-state index >= 15 is 0 Å². The Hall–Kier alpha value is -1.36. The number of nitrogens with one attached hydrogen (secondary N) is 1. The molecule has 110 valence electrons. The van der Waals surface area contributed by atoms with Crippen LogP contribution in [0.1, 0.15) is 43.5 Å². The molecule has 5 heteroatoms. The highest BCUT2D eigenvalue weighted by Crippen LogP contribution is 2.31. The van der Waals surface area contributed by atoms with E-state index in [4.69, 9.17) is 0 Å². The van der Waals surface area contributed by atoms with Crippen LogP contribution in [-0.4, -0.2) is 26.5 Å². The van der Waals surface area contributed by atoms with Crippen molar-refractivity contribution in [3.8, 4) is 0 Å². The minimum atomic E-state index is -3.31. The molecule has 0 spiro atoms. The van der Waals surface area contributed by atoms with Crippen molar-refractivity contribution in [2.45, 2.75) is 44.0 Å². The minimum absolute atomic E-state index is 0.0624. The second kappa shape index (κ2) is 5.56. The normalized spacial score (nSPS) is 22.8. The average molecular weight is 295 g/mol. The van der Waals surface area contributed by atoms with Crippen LogP contribution in [0, 0.1) is 5.92 Å². The van der Waals surface area contributed by atoms with Crippen molar-refractivity contribution in [3.63, 3.8) is 0 Å². The molecule has 1 aromatic rings. The highest BCUT2D eigenvalue weighted by molar-refractivity contribution is 7.90. The maximum atomic E-state index is 11.9. The quantitative estimate of drug-likeness (QED) is 0.868. The third-order valence-corrected chi connectivity index (χ3v) is 5.14. The number of ketones is 1. The summed E-state index contributed by atoms with van der Waals surface area (Å²) >= 11 is 0. The Morgan fingerprint density at radius 2 is 2.00 bits per heavy atom. The summed E-state index contributed by atoms with van der Waals surface area (Å²) in [6.07, 6.45) is 4.53. The van der Waals surface area contributed by atoms with Crippen LogP contribution in [0.4, 0.5) is 5.69 Å². The molecule has 1 fully saturated rings. The van der Waals surface area contributed by atoms with Crippen LogP contribution in [0.2, 0.25) is 0 Å². The van der Waals surface area contributed by atoms with Gasteiger partial charge in [-0.25, -0.2) is 8.42 Å². The Bertz CT molecular complexity index is 622. The Kier molecular flexibility index (Phi) is 4.18. The largest absolute Gasteiger partial charge is 0.381 e. The number of carbonyl (C=O) groups is 1. The van der Waals surface area contributed by atoms with E-state index in [1.807, 2.05) is 0 Å². The molecule has 2 atom stereocenters. The number of carbonyl (C=O) groups excluding carboxylic acids is 1. The molecule has 0 heterocycles. The lowest BCUT2D eigenvalue weighted by Crippen LogP contribution is -2.23. The molecule has 0 bridgehead atoms. The summed E-state index contributed by atoms with van der Waals surface area (Å²) in [5, 5.41) is 3.33. The van der Waals surface area contributed by atoms with E-state index in [1.165, 1.54) is 19.2 Å². The summed E-state index contributed by atoms with van der Waals surface area (Å²) in [6, 6.07) is 5.03. The summed E-state index contributed by atoms with van der Waals surface area (Å²) in [4.78, 5) is 11.7. The standard InChI is InChI=1S/C15H21NO3S/c1-10-5-4-6-13(10)16-14-9-12(11(2)17)7-8-15(14)20(3,18)19/h7-10,13,16H,4-6H2,1-3H3. The minimum Gasteiger partial charge on any atom is -0.381 e. The highest BCUT2D eigenvalue weighted by atomic mass is 32.2. The van der Waals surface area contributed by atoms with Gasteiger partial charge in [0, 0.05) is 17.9 Å². The summed E-state index contributed by atoms with van der Waals surface area (Å²) in [7, 11) is -3.31. The lowest BCUT2D eigenvalue weighted by atomic mass is 10.1. The predicted molar refractivity (Wildman–Crippen MR) is 80.0 cm³/mol. The maximum absolute atomic E-state index is 11.9. The zero-order valence-corrected chi connectivity index (χ0v) is 13.0. The van der Waals surface area contributed by atoms with E-state index in [9.17, 15) is 13.2 Å². The fraction of sp³-hybridized carbons (Fsp3) is 0.533. The van der Waals surface area contributed by atoms with Gasteiger partial charge in [-0.1, -0.05) is 13.3 Å². The Balaban J connectivity index is 2.41. The van der Waals surface area contributed by atoms with Crippen molar-refractivity contribution in [1.82, 2.24) is 0 Å². The van der Waals surface area contributed by atoms with Crippen LogP contribution >= 0.6 is 0 Å². The Morgan fingerprint density at radius 1 is 1.30 bits per heavy atom. The van der Waals surface area contributed by atoms with Gasteiger partial charge < -0.3 is 5.32 Å². The van der Waals surface area contributed by atoms with Crippen molar-refractivity contribution >= 4 is 21.3 Å². The molecule has 2 rings (SSSR count). The maximum Gasteiger partial charge on any atom is 0.177 e. The molecule has 20 heavy (non-hydrogen) atoms. The van der Waals surface area contributed by atoms with Gasteiger partial charge in [-0.2, -0.15) is 0 Å². The molecule has 0 radical (unpaired) electrons. The lowest BCUT2D eigenvalue weighted by Gasteiger charge is -2.21. The van der Waals surface area contributed by atoms with E-state index in [0.717, 1.165) is 19.3 Å². The molecule has 0 saturated heterocycles. The first kappa shape index (κ1) is 15.0. The number of sulfone groups is 1. The predicted octanol–water partition coefficient (Wildman–Crippen LogP) is 2.89. The molecule has 1 aliphatic rings. The van der Waals surface area contributed by atoms with Crippen LogP contribution in [0.25, 0.3) is 0 Å². The zero-order valence-electron chi connectivity index (χ0n) is 12.1. The first-order valence-corrected chi connectivity index (χ1v) is 8.80. The monoisotopic (exact) mass is 295 g/mol. The van der Waals surface area contributed by atoms with Gasteiger partial charge in [0.05, 0.1) is 10.6 Å². The highest BCUT2D eigenvalue weighted by Gasteiger charge is 2.25. The van der Waals surface area contributed by atoms with Crippen molar-refractivity contribution in [1.29, 1.82) is 0 Å². The van der Waals surface area contributed by atoms with Crippen LogP contribution in [0.15, 0.2) is 23.1 Å². The Labute approximate surface area is 120 Å². The molecule has 1 N–H and O–H groups in total. The van der Waals surface area contributed by atoms with E-state index in [1.54, 1.807) is 12.1 Å². The van der Waals surface area contributed by atoms with Gasteiger partial charge in [-0.15, -0.1) is 0 Å². The van der Waals surface area contributed by atoms with Crippen LogP contribution in [0.5, 0.6) is 0 Å². The number of benzene rings is 1. The second-order valence-electron chi connectivity index (χ2n) is 5.70. The molecular formula is C15H21NO3S. The molecule has 1 aliphatic carbocycles. The SMILES string of the molecule is CC(=O)c1ccc(S(C)(=O)=O)c(NC2CCCC2C)c1. The average Bonchev–Trinajstić information content (AvgIpc) is 2.73. The third kappa shape index (κ3) is 3.20. The van der Waals surface area contributed by atoms with Crippen LogP contribution < -0.4 is 5.32 Å². The molecule has 2 unspecified atom stereocenters. The molecule has 1 aromatic carbocycles. The van der Waals surface area contributed by atoms with Crippen molar-refractivity contribution in [2.24, 2.45) is 5.92 Å². The number of hydrogen-bond acceptors (Lipinski definition) is 4. The summed E-state index contributed by atoms with van der Waals surface area (Å²) < 4.78 is 23.7. The van der Waals surface area contributed by atoms with E-state index in [0.29, 0.717) is 17.2 Å². The van der Waals surface area contributed by atoms with Crippen LogP contribution in [0.3, 0.4) is 0 Å². The second-order valence-corrected chi connectivity index (χ2v) is 7.68. The summed E-state index contributed by atoms with van der Waals surface area (Å²) in [5.41, 5.74) is 1.09. The summed E-state index contributed by atoms with van der Waals surface area (Å²) in [5.74, 6) is 0.455. The zero-order chi connectivity index (χ0) is 14.9. The first-order valence-electron chi connectivity index (χ1n) is 6.90. The Morgan fingerprint density at radius 3 is 2.50 bits per heavy atom. The van der Waals surface area contributed by atoms with E-state index in [2.05, 4.69) is 12.2 Å². The lowest BCUT2D eigenvalue weighted by molar-refractivity contribution is 0.101. The van der Waals surface area contributed by atoms with Crippen molar-refractivity contribution in [2.75, 3.05) is 11.6 Å². The van der Waals surface area contributed by atoms with Crippen LogP contribution in [-0.2, 0) is 9.84 Å². The number of hydrogen-bond donors (Lipinski definition) is 1. The molecule has 1 saturated carbocycles. The van der Waals surface area contributed by atoms with Crippen molar-refractivity contribution < 1.29 is 13.2 Å². The first-order chi connectivity index (χ1) is 9.29. The third-order valence-electron chi connectivity index (χ3n) is 3.99. The van der Waals surface area contributed by atoms with Crippen molar-refractivity contribution in [3.05, 3.63) is 23.8 Å². The smallest absolute Gasteiger partial charge is 0.177 e. The van der Waals surface area contributed by atoms with Gasteiger partial charge in [0.1, 0.15) is 0 Å². The fourth-order valence-corrected chi connectivity index (χ4v) is 3.58. The molecule has 0 amide bonds.